The molecule has 2 rings (SSSR count). The van der Waals surface area contributed by atoms with Crippen molar-refractivity contribution in [3.05, 3.63) is 28.8 Å². The van der Waals surface area contributed by atoms with Gasteiger partial charge in [0.2, 0.25) is 5.91 Å². The number of rotatable bonds is 3. The molecule has 0 aliphatic carbocycles. The lowest BCUT2D eigenvalue weighted by Gasteiger charge is -2.28. The highest BCUT2D eigenvalue weighted by molar-refractivity contribution is 6.33. The normalized spacial score (nSPS) is 17.0. The van der Waals surface area contributed by atoms with Crippen molar-refractivity contribution in [3.8, 4) is 0 Å². The van der Waals surface area contributed by atoms with E-state index in [1.54, 1.807) is 26.8 Å². The number of nitrogens with zero attached hydrogens (tertiary/aromatic N) is 1. The number of likely N-dealkylation sites (tertiary alicyclic amines) is 1. The number of halogens is 1. The second-order valence-corrected chi connectivity index (χ2v) is 7.41. The Kier molecular flexibility index (Phi) is 6.13. The van der Waals surface area contributed by atoms with E-state index in [1.165, 1.54) is 24.1 Å². The number of nitrogens with one attached hydrogen (secondary N) is 1. The summed E-state index contributed by atoms with van der Waals surface area (Å²) in [4.78, 5) is 38.1. The lowest BCUT2D eigenvalue weighted by atomic mass is 10.1. The molecule has 7 nitrogen and oxygen atoms in total. The number of anilines is 1. The molecule has 0 radical (unpaired) electrons. The zero-order valence-corrected chi connectivity index (χ0v) is 16.1. The highest BCUT2D eigenvalue weighted by Crippen LogP contribution is 2.24. The van der Waals surface area contributed by atoms with E-state index < -0.39 is 23.7 Å². The van der Waals surface area contributed by atoms with Crippen LogP contribution in [0, 0.1) is 0 Å². The lowest BCUT2D eigenvalue weighted by Crippen LogP contribution is -2.45. The molecule has 26 heavy (non-hydrogen) atoms. The Morgan fingerprint density at radius 1 is 1.27 bits per heavy atom. The summed E-state index contributed by atoms with van der Waals surface area (Å²) >= 11 is 5.98. The largest absolute Gasteiger partial charge is 0.465 e. The van der Waals surface area contributed by atoms with Crippen LogP contribution in [-0.2, 0) is 14.3 Å². The van der Waals surface area contributed by atoms with E-state index in [9.17, 15) is 14.4 Å². The Morgan fingerprint density at radius 2 is 1.96 bits per heavy atom. The Hall–Kier alpha value is -2.28. The molecule has 1 heterocycles. The van der Waals surface area contributed by atoms with Gasteiger partial charge in [0.15, 0.2) is 0 Å². The molecule has 0 spiro atoms. The summed E-state index contributed by atoms with van der Waals surface area (Å²) in [5.41, 5.74) is -0.0787. The van der Waals surface area contributed by atoms with Gasteiger partial charge in [-0.25, -0.2) is 9.59 Å². The van der Waals surface area contributed by atoms with Gasteiger partial charge >= 0.3 is 12.1 Å². The maximum Gasteiger partial charge on any atom is 0.410 e. The van der Waals surface area contributed by atoms with Crippen LogP contribution in [0.15, 0.2) is 18.2 Å². The molecular formula is C18H23ClN2O5. The number of carbonyl (C=O) groups excluding carboxylic acids is 3. The smallest absolute Gasteiger partial charge is 0.410 e. The fourth-order valence-corrected chi connectivity index (χ4v) is 2.87. The van der Waals surface area contributed by atoms with Crippen LogP contribution in [0.2, 0.25) is 5.02 Å². The number of benzene rings is 1. The molecule has 1 aromatic carbocycles. The van der Waals surface area contributed by atoms with Crippen molar-refractivity contribution in [1.82, 2.24) is 4.90 Å². The monoisotopic (exact) mass is 382 g/mol. The van der Waals surface area contributed by atoms with Gasteiger partial charge in [-0.1, -0.05) is 11.6 Å². The zero-order chi connectivity index (χ0) is 19.5. The first-order valence-corrected chi connectivity index (χ1v) is 8.68. The number of amides is 2. The van der Waals surface area contributed by atoms with Gasteiger partial charge in [0.25, 0.3) is 0 Å². The molecule has 0 aromatic heterocycles. The van der Waals surface area contributed by atoms with E-state index in [-0.39, 0.29) is 16.5 Å². The molecule has 0 saturated carbocycles. The van der Waals surface area contributed by atoms with Crippen molar-refractivity contribution in [2.24, 2.45) is 0 Å². The van der Waals surface area contributed by atoms with Crippen molar-refractivity contribution in [1.29, 1.82) is 0 Å². The minimum absolute atomic E-state index is 0.155. The highest BCUT2D eigenvalue weighted by Gasteiger charge is 2.36. The first-order chi connectivity index (χ1) is 12.1. The predicted molar refractivity (Wildman–Crippen MR) is 97.4 cm³/mol. The molecule has 2 amide bonds. The number of ether oxygens (including phenoxy) is 2. The number of hydrogen-bond acceptors (Lipinski definition) is 5. The van der Waals surface area contributed by atoms with Crippen molar-refractivity contribution < 1.29 is 23.9 Å². The van der Waals surface area contributed by atoms with Gasteiger partial charge in [0, 0.05) is 12.2 Å². The quantitative estimate of drug-likeness (QED) is 0.809. The van der Waals surface area contributed by atoms with Gasteiger partial charge in [-0.2, -0.15) is 0 Å². The topological polar surface area (TPSA) is 84.9 Å². The van der Waals surface area contributed by atoms with Crippen LogP contribution in [0.25, 0.3) is 0 Å². The molecular weight excluding hydrogens is 360 g/mol. The van der Waals surface area contributed by atoms with Gasteiger partial charge < -0.3 is 14.8 Å². The molecule has 1 fully saturated rings. The van der Waals surface area contributed by atoms with Crippen molar-refractivity contribution in [2.45, 2.75) is 45.3 Å². The Balaban J connectivity index is 2.11. The maximum atomic E-state index is 12.6. The van der Waals surface area contributed by atoms with Gasteiger partial charge in [-0.15, -0.1) is 0 Å². The van der Waals surface area contributed by atoms with Crippen LogP contribution in [0.5, 0.6) is 0 Å². The van der Waals surface area contributed by atoms with Crippen LogP contribution < -0.4 is 5.32 Å². The minimum atomic E-state index is -0.633. The van der Waals surface area contributed by atoms with E-state index in [2.05, 4.69) is 10.1 Å². The Labute approximate surface area is 157 Å². The fraction of sp³-hybridized carbons (Fsp3) is 0.500. The average Bonchev–Trinajstić information content (AvgIpc) is 3.04. The minimum Gasteiger partial charge on any atom is -0.465 e. The number of methoxy groups -OCH3 is 1. The van der Waals surface area contributed by atoms with E-state index in [0.717, 1.165) is 0 Å². The Bertz CT molecular complexity index is 714. The average molecular weight is 383 g/mol. The van der Waals surface area contributed by atoms with Crippen molar-refractivity contribution in [3.63, 3.8) is 0 Å². The van der Waals surface area contributed by atoms with Gasteiger partial charge in [0.05, 0.1) is 17.7 Å². The van der Waals surface area contributed by atoms with Crippen LogP contribution in [0.4, 0.5) is 10.5 Å². The third-order valence-corrected chi connectivity index (χ3v) is 4.15. The summed E-state index contributed by atoms with van der Waals surface area (Å²) in [5, 5.41) is 2.95. The molecule has 1 aliphatic rings. The van der Waals surface area contributed by atoms with Crippen LogP contribution in [0.1, 0.15) is 44.0 Å². The summed E-state index contributed by atoms with van der Waals surface area (Å²) in [7, 11) is 1.25. The first-order valence-electron chi connectivity index (χ1n) is 8.30. The number of hydrogen-bond donors (Lipinski definition) is 1. The second-order valence-electron chi connectivity index (χ2n) is 7.01. The Morgan fingerprint density at radius 3 is 2.58 bits per heavy atom. The van der Waals surface area contributed by atoms with Crippen LogP contribution in [0.3, 0.4) is 0 Å². The summed E-state index contributed by atoms with van der Waals surface area (Å²) < 4.78 is 10.0. The molecule has 0 bridgehead atoms. The molecule has 1 unspecified atom stereocenters. The third-order valence-electron chi connectivity index (χ3n) is 3.82. The summed E-state index contributed by atoms with van der Waals surface area (Å²) in [6.45, 7) is 5.79. The second kappa shape index (κ2) is 7.95. The van der Waals surface area contributed by atoms with Crippen LogP contribution in [-0.4, -0.2) is 48.2 Å². The summed E-state index contributed by atoms with van der Waals surface area (Å²) in [6.07, 6.45) is 0.745. The summed E-state index contributed by atoms with van der Waals surface area (Å²) in [6, 6.07) is 3.91. The van der Waals surface area contributed by atoms with Gasteiger partial charge in [-0.05, 0) is 51.8 Å². The van der Waals surface area contributed by atoms with E-state index in [4.69, 9.17) is 16.3 Å². The van der Waals surface area contributed by atoms with Gasteiger partial charge in [0.1, 0.15) is 11.6 Å². The van der Waals surface area contributed by atoms with Crippen molar-refractivity contribution in [2.75, 3.05) is 19.0 Å². The highest BCUT2D eigenvalue weighted by atomic mass is 35.5. The molecule has 142 valence electrons. The van der Waals surface area contributed by atoms with Crippen LogP contribution >= 0.6 is 11.6 Å². The maximum absolute atomic E-state index is 12.6. The van der Waals surface area contributed by atoms with Gasteiger partial charge in [-0.3, -0.25) is 9.69 Å². The van der Waals surface area contributed by atoms with E-state index in [0.29, 0.717) is 25.1 Å². The number of esters is 1. The number of carbonyl (C=O) groups is 3. The molecule has 1 N–H and O–H groups in total. The lowest BCUT2D eigenvalue weighted by molar-refractivity contribution is -0.120. The zero-order valence-electron chi connectivity index (χ0n) is 15.3. The molecule has 1 atom stereocenters. The molecule has 1 saturated heterocycles. The fourth-order valence-electron chi connectivity index (χ4n) is 2.67. The SMILES string of the molecule is COC(=O)c1cc(NC(=O)C2CCCN2C(=O)OC(C)(C)C)ccc1Cl. The predicted octanol–water partition coefficient (Wildman–Crippen LogP) is 3.46. The van der Waals surface area contributed by atoms with E-state index in [1.807, 2.05) is 0 Å². The standard InChI is InChI=1S/C18H23ClN2O5/c1-18(2,3)26-17(24)21-9-5-6-14(21)15(22)20-11-7-8-13(19)12(10-11)16(23)25-4/h7-8,10,14H,5-6,9H2,1-4H3,(H,20,22). The van der Waals surface area contributed by atoms with Crippen molar-refractivity contribution >= 4 is 35.3 Å². The van der Waals surface area contributed by atoms with E-state index >= 15 is 0 Å². The first kappa shape index (κ1) is 20.0. The third kappa shape index (κ3) is 4.88. The molecule has 1 aliphatic heterocycles. The molecule has 1 aromatic rings. The summed E-state index contributed by atoms with van der Waals surface area (Å²) in [5.74, 6) is -0.936. The molecule has 8 heteroatoms.